The lowest BCUT2D eigenvalue weighted by Gasteiger charge is -2.08. The maximum Gasteiger partial charge on any atom is 0.409 e. The normalized spacial score (nSPS) is 10.6. The Morgan fingerprint density at radius 3 is 2.15 bits per heavy atom. The molecule has 4 aromatic rings. The van der Waals surface area contributed by atoms with Crippen molar-refractivity contribution in [2.24, 2.45) is 0 Å². The lowest BCUT2D eigenvalue weighted by atomic mass is 10.1. The van der Waals surface area contributed by atoms with Crippen LogP contribution in [0.2, 0.25) is 0 Å². The monoisotopic (exact) mass is 340 g/mol. The SMILES string of the molecule is O=C(Oc1ccccc1)c1ccc2ccccc2[n+]1Cc1ccccc1. The Kier molecular flexibility index (Phi) is 4.44. The summed E-state index contributed by atoms with van der Waals surface area (Å²) in [5.74, 6) is 0.176. The number of benzene rings is 3. The zero-order valence-corrected chi connectivity index (χ0v) is 14.2. The van der Waals surface area contributed by atoms with Crippen molar-refractivity contribution in [2.75, 3.05) is 0 Å². The van der Waals surface area contributed by atoms with E-state index < -0.39 is 0 Å². The van der Waals surface area contributed by atoms with Crippen LogP contribution in [0.5, 0.6) is 5.75 Å². The van der Waals surface area contributed by atoms with Gasteiger partial charge in [0.2, 0.25) is 5.52 Å². The number of aromatic nitrogens is 1. The lowest BCUT2D eigenvalue weighted by molar-refractivity contribution is -0.664. The summed E-state index contributed by atoms with van der Waals surface area (Å²) in [6.07, 6.45) is 0. The third-order valence-corrected chi connectivity index (χ3v) is 4.29. The molecule has 0 unspecified atom stereocenters. The van der Waals surface area contributed by atoms with Crippen molar-refractivity contribution in [3.8, 4) is 5.75 Å². The standard InChI is InChI=1S/C23H18NO2/c25-23(26-20-12-5-2-6-13-20)22-16-15-19-11-7-8-14-21(19)24(22)17-18-9-3-1-4-10-18/h1-16H,17H2/q+1. The molecule has 0 aliphatic carbocycles. The van der Waals surface area contributed by atoms with E-state index in [1.54, 1.807) is 12.1 Å². The molecule has 0 saturated heterocycles. The molecule has 4 rings (SSSR count). The highest BCUT2D eigenvalue weighted by atomic mass is 16.5. The summed E-state index contributed by atoms with van der Waals surface area (Å²) in [5.41, 5.74) is 2.65. The molecule has 0 atom stereocenters. The second-order valence-electron chi connectivity index (χ2n) is 6.05. The molecule has 0 bridgehead atoms. The summed E-state index contributed by atoms with van der Waals surface area (Å²) in [6, 6.07) is 31.1. The largest absolute Gasteiger partial charge is 0.419 e. The lowest BCUT2D eigenvalue weighted by Crippen LogP contribution is -2.42. The van der Waals surface area contributed by atoms with Crippen molar-refractivity contribution in [3.05, 3.63) is 108 Å². The van der Waals surface area contributed by atoms with Crippen LogP contribution in [0.15, 0.2) is 97.1 Å². The van der Waals surface area contributed by atoms with E-state index in [1.807, 2.05) is 77.4 Å². The number of carbonyl (C=O) groups excluding carboxylic acids is 1. The summed E-state index contributed by atoms with van der Waals surface area (Å²) in [5, 5.41) is 1.08. The summed E-state index contributed by atoms with van der Waals surface area (Å²) >= 11 is 0. The van der Waals surface area contributed by atoms with Crippen LogP contribution >= 0.6 is 0 Å². The molecule has 0 spiro atoms. The van der Waals surface area contributed by atoms with Gasteiger partial charge in [0, 0.05) is 23.1 Å². The molecule has 1 aromatic heterocycles. The van der Waals surface area contributed by atoms with Crippen LogP contribution in [0.1, 0.15) is 16.1 Å². The van der Waals surface area contributed by atoms with Gasteiger partial charge in [-0.1, -0.05) is 60.7 Å². The topological polar surface area (TPSA) is 30.2 Å². The molecule has 0 N–H and O–H groups in total. The van der Waals surface area contributed by atoms with Crippen LogP contribution in [0.3, 0.4) is 0 Å². The maximum atomic E-state index is 12.8. The number of nitrogens with zero attached hydrogens (tertiary/aromatic N) is 1. The van der Waals surface area contributed by atoms with Gasteiger partial charge in [0.05, 0.1) is 0 Å². The molecule has 126 valence electrons. The Hall–Kier alpha value is -3.46. The number of hydrogen-bond acceptors (Lipinski definition) is 2. The number of hydrogen-bond donors (Lipinski definition) is 0. The number of para-hydroxylation sites is 2. The van der Waals surface area contributed by atoms with Crippen LogP contribution in [0, 0.1) is 0 Å². The summed E-state index contributed by atoms with van der Waals surface area (Å²) in [4.78, 5) is 12.8. The van der Waals surface area contributed by atoms with Gasteiger partial charge in [-0.15, -0.1) is 0 Å². The average molecular weight is 340 g/mol. The second-order valence-corrected chi connectivity index (χ2v) is 6.05. The summed E-state index contributed by atoms with van der Waals surface area (Å²) < 4.78 is 7.58. The Bertz CT molecular complexity index is 1040. The fraction of sp³-hybridized carbons (Fsp3) is 0.0435. The van der Waals surface area contributed by atoms with E-state index in [2.05, 4.69) is 12.1 Å². The Balaban J connectivity index is 1.78. The number of pyridine rings is 1. The maximum absolute atomic E-state index is 12.8. The van der Waals surface area contributed by atoms with Gasteiger partial charge in [-0.3, -0.25) is 0 Å². The Morgan fingerprint density at radius 2 is 1.38 bits per heavy atom. The fourth-order valence-corrected chi connectivity index (χ4v) is 3.03. The Labute approximate surface area is 152 Å². The molecule has 0 aliphatic rings. The van der Waals surface area contributed by atoms with Crippen molar-refractivity contribution >= 4 is 16.9 Å². The number of esters is 1. The third kappa shape index (κ3) is 3.33. The predicted octanol–water partition coefficient (Wildman–Crippen LogP) is 4.39. The first-order valence-electron chi connectivity index (χ1n) is 8.54. The molecule has 0 aliphatic heterocycles. The summed E-state index contributed by atoms with van der Waals surface area (Å²) in [7, 11) is 0. The van der Waals surface area contributed by atoms with Crippen LogP contribution in [-0.2, 0) is 6.54 Å². The molecule has 0 amide bonds. The van der Waals surface area contributed by atoms with E-state index in [-0.39, 0.29) is 5.97 Å². The van der Waals surface area contributed by atoms with Gasteiger partial charge >= 0.3 is 5.97 Å². The molecular formula is C23H18NO2+. The molecule has 0 radical (unpaired) electrons. The number of fused-ring (bicyclic) bond motifs is 1. The van der Waals surface area contributed by atoms with Gasteiger partial charge in [0.1, 0.15) is 5.75 Å². The van der Waals surface area contributed by atoms with Crippen LogP contribution in [-0.4, -0.2) is 5.97 Å². The predicted molar refractivity (Wildman–Crippen MR) is 101 cm³/mol. The van der Waals surface area contributed by atoms with Crippen molar-refractivity contribution in [3.63, 3.8) is 0 Å². The number of rotatable bonds is 4. The van der Waals surface area contributed by atoms with E-state index in [9.17, 15) is 4.79 Å². The third-order valence-electron chi connectivity index (χ3n) is 4.29. The van der Waals surface area contributed by atoms with E-state index in [0.717, 1.165) is 16.5 Å². The first-order chi connectivity index (χ1) is 12.8. The molecule has 3 nitrogen and oxygen atoms in total. The van der Waals surface area contributed by atoms with Crippen LogP contribution in [0.4, 0.5) is 0 Å². The summed E-state index contributed by atoms with van der Waals surface area (Å²) in [6.45, 7) is 0.599. The zero-order chi connectivity index (χ0) is 17.8. The molecular weight excluding hydrogens is 322 g/mol. The fourth-order valence-electron chi connectivity index (χ4n) is 3.03. The van der Waals surface area contributed by atoms with E-state index in [0.29, 0.717) is 18.0 Å². The van der Waals surface area contributed by atoms with E-state index in [4.69, 9.17) is 4.74 Å². The van der Waals surface area contributed by atoms with Crippen LogP contribution in [0.25, 0.3) is 10.9 Å². The molecule has 3 aromatic carbocycles. The van der Waals surface area contributed by atoms with Crippen molar-refractivity contribution < 1.29 is 14.1 Å². The molecule has 0 saturated carbocycles. The van der Waals surface area contributed by atoms with Gasteiger partial charge < -0.3 is 4.74 Å². The smallest absolute Gasteiger partial charge is 0.409 e. The van der Waals surface area contributed by atoms with Crippen molar-refractivity contribution in [2.45, 2.75) is 6.54 Å². The highest BCUT2D eigenvalue weighted by Crippen LogP contribution is 2.15. The molecule has 0 fully saturated rings. The van der Waals surface area contributed by atoms with E-state index in [1.165, 1.54) is 0 Å². The van der Waals surface area contributed by atoms with Gasteiger partial charge in [0.15, 0.2) is 6.54 Å². The first-order valence-corrected chi connectivity index (χ1v) is 8.54. The molecule has 1 heterocycles. The second kappa shape index (κ2) is 7.19. The van der Waals surface area contributed by atoms with Crippen molar-refractivity contribution in [1.82, 2.24) is 0 Å². The average Bonchev–Trinajstić information content (AvgIpc) is 2.70. The van der Waals surface area contributed by atoms with Gasteiger partial charge in [0.25, 0.3) is 5.69 Å². The van der Waals surface area contributed by atoms with Crippen LogP contribution < -0.4 is 9.30 Å². The van der Waals surface area contributed by atoms with Gasteiger partial charge in [-0.05, 0) is 24.3 Å². The van der Waals surface area contributed by atoms with E-state index >= 15 is 0 Å². The zero-order valence-electron chi connectivity index (χ0n) is 14.2. The highest BCUT2D eigenvalue weighted by Gasteiger charge is 2.24. The number of ether oxygens (including phenoxy) is 1. The molecule has 26 heavy (non-hydrogen) atoms. The highest BCUT2D eigenvalue weighted by molar-refractivity contribution is 5.89. The minimum Gasteiger partial charge on any atom is -0.419 e. The minimum atomic E-state index is -0.363. The molecule has 3 heteroatoms. The van der Waals surface area contributed by atoms with Gasteiger partial charge in [-0.2, -0.15) is 4.57 Å². The number of carbonyl (C=O) groups is 1. The Morgan fingerprint density at radius 1 is 0.731 bits per heavy atom. The first kappa shape index (κ1) is 16.0. The minimum absolute atomic E-state index is 0.363. The quantitative estimate of drug-likeness (QED) is 0.313. The van der Waals surface area contributed by atoms with Crippen molar-refractivity contribution in [1.29, 1.82) is 0 Å². The van der Waals surface area contributed by atoms with Gasteiger partial charge in [-0.25, -0.2) is 4.79 Å².